The molecule has 19 atom stereocenters. The summed E-state index contributed by atoms with van der Waals surface area (Å²) in [6.07, 6.45) is -5.29. The number of hydrogen-bond acceptors (Lipinski definition) is 19. The largest absolute Gasteiger partial charge is 0.458 e. The van der Waals surface area contributed by atoms with Gasteiger partial charge in [-0.25, -0.2) is 33.1 Å². The van der Waals surface area contributed by atoms with Crippen LogP contribution in [0.25, 0.3) is 0 Å². The SMILES string of the molecule is CC[C@H]1OC(=O)[C@H](C)[C@@H](O[C@H]2C[C@@](C)(OC)[C@@H](O)[C@H](C)O2)[C@H](C)[C@@H](O[C@@H]2O[C@H](C)C[C@H](N(C)CCc3cn([C@H](CF)Cc4ccc(S(C)(=O)=O)cc4)nn3)[C@H]2O)[C@@]2(C)C[C@@H](CO2)C(=O)[C@H](C)[C@H]2N(N)C(=O)O[C@]12C. The van der Waals surface area contributed by atoms with Crippen molar-refractivity contribution in [2.75, 3.05) is 40.2 Å². The Morgan fingerprint density at radius 2 is 1.70 bits per heavy atom. The van der Waals surface area contributed by atoms with Gasteiger partial charge in [0.2, 0.25) is 0 Å². The molecule has 0 unspecified atom stereocenters. The Labute approximate surface area is 434 Å². The van der Waals surface area contributed by atoms with E-state index in [0.29, 0.717) is 25.1 Å². The van der Waals surface area contributed by atoms with E-state index in [4.69, 9.17) is 43.7 Å². The minimum absolute atomic E-state index is 0.0128. The number of Topliss-reactive ketones (excluding diaryl/α,β-unsaturated/α-hetero) is 1. The van der Waals surface area contributed by atoms with Gasteiger partial charge in [-0.05, 0) is 92.0 Å². The number of aliphatic hydroxyl groups is 2. The average molecular weight is 1070 g/mol. The number of esters is 1. The second-order valence-corrected chi connectivity index (χ2v) is 24.2. The number of fused-ring (bicyclic) bond motifs is 3. The Hall–Kier alpha value is -3.75. The van der Waals surface area contributed by atoms with Crippen LogP contribution in [0.2, 0.25) is 0 Å². The molecule has 5 aliphatic heterocycles. The molecule has 4 N–H and O–H groups in total. The lowest BCUT2D eigenvalue weighted by Crippen LogP contribution is -2.61. The summed E-state index contributed by atoms with van der Waals surface area (Å²) in [7, 11) is -0.0206. The van der Waals surface area contributed by atoms with Crippen molar-refractivity contribution in [3.63, 3.8) is 0 Å². The number of aromatic nitrogens is 3. The number of nitrogens with zero attached hydrogens (tertiary/aromatic N) is 5. The molecule has 5 saturated heterocycles. The fraction of sp³-hybridized carbons (Fsp3) is 0.784. The van der Waals surface area contributed by atoms with E-state index in [-0.39, 0.29) is 43.0 Å². The number of ketones is 1. The first kappa shape index (κ1) is 57.9. The van der Waals surface area contributed by atoms with Gasteiger partial charge in [0.15, 0.2) is 28.0 Å². The molecule has 1 aromatic carbocycles. The zero-order valence-electron chi connectivity index (χ0n) is 44.8. The summed E-state index contributed by atoms with van der Waals surface area (Å²) < 4.78 is 91.1. The molecule has 21 nitrogen and oxygen atoms in total. The van der Waals surface area contributed by atoms with E-state index in [1.165, 1.54) is 23.9 Å². The number of methoxy groups -OCH3 is 1. The van der Waals surface area contributed by atoms with Crippen LogP contribution in [0.4, 0.5) is 9.18 Å². The van der Waals surface area contributed by atoms with Crippen LogP contribution in [0, 0.1) is 23.7 Å². The highest BCUT2D eigenvalue weighted by Gasteiger charge is 2.62. The van der Waals surface area contributed by atoms with Crippen LogP contribution in [0.1, 0.15) is 105 Å². The zero-order valence-corrected chi connectivity index (χ0v) is 45.6. The summed E-state index contributed by atoms with van der Waals surface area (Å²) in [5.41, 5.74) is -2.53. The Bertz CT molecular complexity index is 2400. The molecular weight excluding hydrogens is 988 g/mol. The van der Waals surface area contributed by atoms with Crippen LogP contribution >= 0.6 is 0 Å². The van der Waals surface area contributed by atoms with E-state index < -0.39 is 142 Å². The molecular formula is C51H79FN6O15S. The maximum Gasteiger partial charge on any atom is 0.425 e. The number of ether oxygens (including phenoxy) is 8. The number of carbonyl (C=O) groups is 3. The van der Waals surface area contributed by atoms with Gasteiger partial charge in [0.05, 0.1) is 64.8 Å². The summed E-state index contributed by atoms with van der Waals surface area (Å²) in [6, 6.07) is 4.13. The van der Waals surface area contributed by atoms with Gasteiger partial charge in [0.25, 0.3) is 0 Å². The predicted molar refractivity (Wildman–Crippen MR) is 263 cm³/mol. The number of cyclic esters (lactones) is 1. The predicted octanol–water partition coefficient (Wildman–Crippen LogP) is 3.51. The summed E-state index contributed by atoms with van der Waals surface area (Å²) in [5.74, 6) is 2.02. The van der Waals surface area contributed by atoms with Gasteiger partial charge in [-0.1, -0.05) is 38.1 Å². The highest BCUT2D eigenvalue weighted by atomic mass is 32.2. The number of nitrogens with two attached hydrogens (primary N) is 1. The third kappa shape index (κ3) is 11.7. The van der Waals surface area contributed by atoms with Crippen LogP contribution in [0.3, 0.4) is 0 Å². The standard InChI is InChI=1S/C51H79FN6O15S/c1-13-38-51(9)43(58(53)48(63)73-51)28(3)40(59)33-22-50(8,67-26-33)45(29(4)42(30(5)46(62)70-38)71-39-23-49(7,66-11)44(61)31(6)69-39)72-47-41(60)37(20-27(2)68-47)56(10)19-18-34-25-57(55-54-34)35(24-52)21-32-14-16-36(17-15-32)74(12,64)65/h14-17,25,27-31,33,35,37-39,41-45,47,60-61H,13,18-24,26,53H2,1-12H3/t27-,28+,29+,30-,31+,33+,35+,37+,38-,39+,41-,42+,43-,44+,45-,47+,49-,50-,51-/m1/s1. The first-order valence-electron chi connectivity index (χ1n) is 25.8. The number of aliphatic hydroxyl groups excluding tert-OH is 2. The fourth-order valence-corrected chi connectivity index (χ4v) is 12.7. The van der Waals surface area contributed by atoms with Gasteiger partial charge in [0.1, 0.15) is 36.8 Å². The van der Waals surface area contributed by atoms with Crippen molar-refractivity contribution in [2.24, 2.45) is 29.5 Å². The van der Waals surface area contributed by atoms with Gasteiger partial charge < -0.3 is 53.0 Å². The lowest BCUT2D eigenvalue weighted by atomic mass is 9.74. The van der Waals surface area contributed by atoms with Crippen molar-refractivity contribution in [2.45, 2.75) is 196 Å². The molecule has 0 aliphatic carbocycles. The molecule has 0 radical (unpaired) electrons. The van der Waals surface area contributed by atoms with E-state index in [2.05, 4.69) is 10.3 Å². The smallest absolute Gasteiger partial charge is 0.425 e. The molecule has 74 heavy (non-hydrogen) atoms. The van der Waals surface area contributed by atoms with E-state index >= 15 is 0 Å². The molecule has 1 amide bonds. The maximum atomic E-state index is 14.7. The first-order chi connectivity index (χ1) is 34.7. The molecule has 7 rings (SSSR count). The summed E-state index contributed by atoms with van der Waals surface area (Å²) in [5, 5.41) is 32.9. The van der Waals surface area contributed by atoms with Crippen LogP contribution < -0.4 is 5.84 Å². The Morgan fingerprint density at radius 3 is 2.34 bits per heavy atom. The molecule has 5 fully saturated rings. The van der Waals surface area contributed by atoms with E-state index in [1.54, 1.807) is 59.9 Å². The summed E-state index contributed by atoms with van der Waals surface area (Å²) >= 11 is 0. The second-order valence-electron chi connectivity index (χ2n) is 22.2. The minimum atomic E-state index is -3.38. The molecule has 416 valence electrons. The molecule has 23 heteroatoms. The number of likely N-dealkylation sites (N-methyl/N-ethyl adjacent to an activating group) is 1. The van der Waals surface area contributed by atoms with Gasteiger partial charge in [-0.15, -0.1) is 5.10 Å². The summed E-state index contributed by atoms with van der Waals surface area (Å²) in [4.78, 5) is 44.8. The Morgan fingerprint density at radius 1 is 1.01 bits per heavy atom. The molecule has 0 spiro atoms. The van der Waals surface area contributed by atoms with Gasteiger partial charge in [-0.2, -0.15) is 0 Å². The van der Waals surface area contributed by atoms with Crippen molar-refractivity contribution in [1.29, 1.82) is 0 Å². The third-order valence-corrected chi connectivity index (χ3v) is 17.8. The molecule has 5 aliphatic rings. The first-order valence-corrected chi connectivity index (χ1v) is 27.7. The number of carbonyl (C=O) groups excluding carboxylic acids is 3. The van der Waals surface area contributed by atoms with Crippen LogP contribution in [0.5, 0.6) is 0 Å². The van der Waals surface area contributed by atoms with Crippen molar-refractivity contribution in [1.82, 2.24) is 24.9 Å². The highest BCUT2D eigenvalue weighted by molar-refractivity contribution is 7.90. The van der Waals surface area contributed by atoms with E-state index in [9.17, 15) is 37.4 Å². The lowest BCUT2D eigenvalue weighted by molar-refractivity contribution is -0.317. The van der Waals surface area contributed by atoms with Crippen LogP contribution in [-0.2, 0) is 70.2 Å². The maximum absolute atomic E-state index is 14.7. The minimum Gasteiger partial charge on any atom is -0.458 e. The topological polar surface area (TPSA) is 263 Å². The highest BCUT2D eigenvalue weighted by Crippen LogP contribution is 2.46. The molecule has 2 bridgehead atoms. The van der Waals surface area contributed by atoms with Crippen LogP contribution in [0.15, 0.2) is 35.4 Å². The Kier molecular flexibility index (Phi) is 17.8. The number of hydrazine groups is 1. The molecule has 1 aromatic heterocycles. The monoisotopic (exact) mass is 1070 g/mol. The van der Waals surface area contributed by atoms with Crippen LogP contribution in [-0.4, -0.2) is 186 Å². The number of sulfone groups is 1. The normalized spacial score (nSPS) is 39.9. The Balaban J connectivity index is 1.16. The number of benzene rings is 1. The molecule has 2 aromatic rings. The van der Waals surface area contributed by atoms with Crippen molar-refractivity contribution < 1.29 is 75.3 Å². The average Bonchev–Trinajstić information content (AvgIpc) is 4.06. The number of rotatable bonds is 15. The molecule has 0 saturated carbocycles. The van der Waals surface area contributed by atoms with Gasteiger partial charge >= 0.3 is 12.1 Å². The number of alkyl halides is 1. The van der Waals surface area contributed by atoms with Crippen molar-refractivity contribution in [3.8, 4) is 0 Å². The lowest BCUT2D eigenvalue weighted by Gasteiger charge is -2.49. The number of halogens is 1. The van der Waals surface area contributed by atoms with Crippen molar-refractivity contribution >= 4 is 27.7 Å². The number of hydrogen-bond donors (Lipinski definition) is 3. The number of amides is 1. The fourth-order valence-electron chi connectivity index (χ4n) is 12.1. The quantitative estimate of drug-likeness (QED) is 0.131. The van der Waals surface area contributed by atoms with Gasteiger partial charge in [-0.3, -0.25) is 9.59 Å². The molecule has 6 heterocycles. The summed E-state index contributed by atoms with van der Waals surface area (Å²) in [6.45, 7) is 15.4. The van der Waals surface area contributed by atoms with E-state index in [0.717, 1.165) is 16.8 Å². The zero-order chi connectivity index (χ0) is 54.4. The second kappa shape index (κ2) is 22.7. The van der Waals surface area contributed by atoms with E-state index in [1.807, 2.05) is 32.7 Å². The van der Waals surface area contributed by atoms with Gasteiger partial charge in [0, 0.05) is 62.7 Å². The van der Waals surface area contributed by atoms with Crippen molar-refractivity contribution in [3.05, 3.63) is 41.7 Å². The third-order valence-electron chi connectivity index (χ3n) is 16.6.